The Morgan fingerprint density at radius 1 is 0.955 bits per heavy atom. The van der Waals surface area contributed by atoms with Gasteiger partial charge in [-0.2, -0.15) is 0 Å². The molecule has 7 heteroatoms. The summed E-state index contributed by atoms with van der Waals surface area (Å²) in [4.78, 5) is -0.858. The van der Waals surface area contributed by atoms with Crippen LogP contribution >= 0.6 is 0 Å². The van der Waals surface area contributed by atoms with Gasteiger partial charge in [0, 0.05) is 6.54 Å². The minimum absolute atomic E-state index is 0.164. The Kier molecular flexibility index (Phi) is 3.60. The van der Waals surface area contributed by atoms with Gasteiger partial charge in [0.15, 0.2) is 17.5 Å². The van der Waals surface area contributed by atoms with E-state index in [1.54, 1.807) is 24.3 Å². The lowest BCUT2D eigenvalue weighted by atomic mass is 10.0. The zero-order chi connectivity index (χ0) is 15.9. The first-order valence-corrected chi connectivity index (χ1v) is 8.11. The second-order valence-electron chi connectivity index (χ2n) is 4.98. The minimum Gasteiger partial charge on any atom is -0.266 e. The van der Waals surface area contributed by atoms with Crippen LogP contribution in [0.4, 0.5) is 18.9 Å². The van der Waals surface area contributed by atoms with Gasteiger partial charge in [0.1, 0.15) is 4.90 Å². The summed E-state index contributed by atoms with van der Waals surface area (Å²) >= 11 is 0. The van der Waals surface area contributed by atoms with E-state index < -0.39 is 32.4 Å². The van der Waals surface area contributed by atoms with Crippen molar-refractivity contribution in [1.29, 1.82) is 0 Å². The van der Waals surface area contributed by atoms with Crippen molar-refractivity contribution in [3.05, 3.63) is 59.4 Å². The predicted molar refractivity (Wildman–Crippen MR) is 75.6 cm³/mol. The van der Waals surface area contributed by atoms with Crippen molar-refractivity contribution in [2.75, 3.05) is 10.8 Å². The zero-order valence-corrected chi connectivity index (χ0v) is 12.2. The van der Waals surface area contributed by atoms with E-state index in [0.717, 1.165) is 15.9 Å². The monoisotopic (exact) mass is 327 g/mol. The Bertz CT molecular complexity index is 837. The summed E-state index contributed by atoms with van der Waals surface area (Å²) in [7, 11) is -4.29. The molecular formula is C15H12F3NO2S. The van der Waals surface area contributed by atoms with Crippen LogP contribution in [-0.4, -0.2) is 15.0 Å². The Labute approximate surface area is 126 Å². The van der Waals surface area contributed by atoms with E-state index in [1.165, 1.54) is 0 Å². The van der Waals surface area contributed by atoms with E-state index in [4.69, 9.17) is 0 Å². The maximum absolute atomic E-state index is 13.9. The van der Waals surface area contributed by atoms with E-state index in [-0.39, 0.29) is 6.54 Å². The van der Waals surface area contributed by atoms with E-state index in [1.807, 2.05) is 0 Å². The molecule has 0 bridgehead atoms. The first kappa shape index (κ1) is 14.9. The minimum atomic E-state index is -4.29. The van der Waals surface area contributed by atoms with Crippen LogP contribution < -0.4 is 4.31 Å². The number of benzene rings is 2. The zero-order valence-electron chi connectivity index (χ0n) is 11.4. The molecule has 3 rings (SSSR count). The fraction of sp³-hybridized carbons (Fsp3) is 0.200. The van der Waals surface area contributed by atoms with Crippen molar-refractivity contribution in [1.82, 2.24) is 0 Å². The average molecular weight is 327 g/mol. The third-order valence-electron chi connectivity index (χ3n) is 3.64. The first-order chi connectivity index (χ1) is 10.4. The summed E-state index contributed by atoms with van der Waals surface area (Å²) in [5, 5.41) is 0. The number of sulfonamides is 1. The van der Waals surface area contributed by atoms with E-state index >= 15 is 0 Å². The Morgan fingerprint density at radius 2 is 1.68 bits per heavy atom. The lowest BCUT2D eigenvalue weighted by Gasteiger charge is -2.30. The van der Waals surface area contributed by atoms with Crippen LogP contribution in [0, 0.1) is 17.5 Å². The summed E-state index contributed by atoms with van der Waals surface area (Å²) in [5.74, 6) is -4.90. The predicted octanol–water partition coefficient (Wildman–Crippen LogP) is 3.25. The standard InChI is InChI=1S/C15H12F3NO2S/c16-11-7-8-13(15(18)14(11)17)22(20,21)19-9-3-5-10-4-1-2-6-12(10)19/h1-2,4,6-8H,3,5,9H2. The summed E-state index contributed by atoms with van der Waals surface area (Å²) in [6.07, 6.45) is 1.28. The van der Waals surface area contributed by atoms with Crippen LogP contribution in [0.3, 0.4) is 0 Å². The van der Waals surface area contributed by atoms with Crippen molar-refractivity contribution in [3.63, 3.8) is 0 Å². The molecule has 0 atom stereocenters. The molecule has 0 fully saturated rings. The van der Waals surface area contributed by atoms with Crippen LogP contribution in [0.2, 0.25) is 0 Å². The molecule has 116 valence electrons. The molecule has 0 unspecified atom stereocenters. The molecule has 0 radical (unpaired) electrons. The van der Waals surface area contributed by atoms with Gasteiger partial charge in [-0.05, 0) is 36.6 Å². The highest BCUT2D eigenvalue weighted by Gasteiger charge is 2.32. The number of para-hydroxylation sites is 1. The van der Waals surface area contributed by atoms with Gasteiger partial charge in [-0.25, -0.2) is 21.6 Å². The summed E-state index contributed by atoms with van der Waals surface area (Å²) in [5.41, 5.74) is 1.26. The van der Waals surface area contributed by atoms with E-state index in [9.17, 15) is 21.6 Å². The lowest BCUT2D eigenvalue weighted by Crippen LogP contribution is -2.36. The molecule has 0 aromatic heterocycles. The van der Waals surface area contributed by atoms with Gasteiger partial charge in [0.25, 0.3) is 10.0 Å². The normalized spacial score (nSPS) is 14.8. The molecule has 0 aliphatic carbocycles. The molecule has 1 aliphatic heterocycles. The van der Waals surface area contributed by atoms with Crippen LogP contribution in [0.15, 0.2) is 41.3 Å². The van der Waals surface area contributed by atoms with Crippen molar-refractivity contribution < 1.29 is 21.6 Å². The fourth-order valence-corrected chi connectivity index (χ4v) is 4.17. The average Bonchev–Trinajstić information content (AvgIpc) is 2.52. The van der Waals surface area contributed by atoms with Gasteiger partial charge in [-0.1, -0.05) is 18.2 Å². The number of aryl methyl sites for hydroxylation is 1. The second-order valence-corrected chi connectivity index (χ2v) is 6.81. The van der Waals surface area contributed by atoms with E-state index in [0.29, 0.717) is 24.6 Å². The third kappa shape index (κ3) is 2.25. The third-order valence-corrected chi connectivity index (χ3v) is 5.47. The maximum Gasteiger partial charge on any atom is 0.267 e. The molecule has 0 amide bonds. The van der Waals surface area contributed by atoms with Crippen LogP contribution in [0.1, 0.15) is 12.0 Å². The van der Waals surface area contributed by atoms with Crippen molar-refractivity contribution in [2.24, 2.45) is 0 Å². The molecular weight excluding hydrogens is 315 g/mol. The molecule has 1 aliphatic rings. The highest BCUT2D eigenvalue weighted by atomic mass is 32.2. The van der Waals surface area contributed by atoms with Gasteiger partial charge in [-0.3, -0.25) is 4.31 Å². The second kappa shape index (κ2) is 5.31. The number of rotatable bonds is 2. The molecule has 2 aromatic rings. The number of nitrogens with zero attached hydrogens (tertiary/aromatic N) is 1. The molecule has 2 aromatic carbocycles. The smallest absolute Gasteiger partial charge is 0.266 e. The van der Waals surface area contributed by atoms with Gasteiger partial charge in [0.05, 0.1) is 5.69 Å². The Balaban J connectivity index is 2.15. The fourth-order valence-electron chi connectivity index (χ4n) is 2.57. The molecule has 3 nitrogen and oxygen atoms in total. The molecule has 0 saturated carbocycles. The molecule has 22 heavy (non-hydrogen) atoms. The number of halogens is 3. The van der Waals surface area contributed by atoms with Crippen LogP contribution in [-0.2, 0) is 16.4 Å². The van der Waals surface area contributed by atoms with Gasteiger partial charge >= 0.3 is 0 Å². The maximum atomic E-state index is 13.9. The highest BCUT2D eigenvalue weighted by molar-refractivity contribution is 7.92. The number of anilines is 1. The van der Waals surface area contributed by atoms with Crippen LogP contribution in [0.5, 0.6) is 0 Å². The quantitative estimate of drug-likeness (QED) is 0.794. The topological polar surface area (TPSA) is 37.4 Å². The van der Waals surface area contributed by atoms with Gasteiger partial charge in [0.2, 0.25) is 0 Å². The summed E-state index contributed by atoms with van der Waals surface area (Å²) in [6, 6.07) is 8.23. The van der Waals surface area contributed by atoms with Crippen LogP contribution in [0.25, 0.3) is 0 Å². The summed E-state index contributed by atoms with van der Waals surface area (Å²) < 4.78 is 66.5. The van der Waals surface area contributed by atoms with Crippen molar-refractivity contribution in [2.45, 2.75) is 17.7 Å². The van der Waals surface area contributed by atoms with Gasteiger partial charge in [-0.15, -0.1) is 0 Å². The molecule has 0 N–H and O–H groups in total. The lowest BCUT2D eigenvalue weighted by molar-refractivity contribution is 0.432. The van der Waals surface area contributed by atoms with Crippen molar-refractivity contribution >= 4 is 15.7 Å². The first-order valence-electron chi connectivity index (χ1n) is 6.67. The number of hydrogen-bond acceptors (Lipinski definition) is 2. The SMILES string of the molecule is O=S(=O)(c1ccc(F)c(F)c1F)N1CCCc2ccccc21. The van der Waals surface area contributed by atoms with Crippen molar-refractivity contribution in [3.8, 4) is 0 Å². The molecule has 0 spiro atoms. The Hall–Kier alpha value is -2.02. The largest absolute Gasteiger partial charge is 0.267 e. The molecule has 1 heterocycles. The molecule has 0 saturated heterocycles. The Morgan fingerprint density at radius 3 is 2.45 bits per heavy atom. The van der Waals surface area contributed by atoms with Gasteiger partial charge < -0.3 is 0 Å². The number of hydrogen-bond donors (Lipinski definition) is 0. The summed E-state index contributed by atoms with van der Waals surface area (Å²) in [6.45, 7) is 0.164. The number of fused-ring (bicyclic) bond motifs is 1. The van der Waals surface area contributed by atoms with E-state index in [2.05, 4.69) is 0 Å². The highest BCUT2D eigenvalue weighted by Crippen LogP contribution is 2.33.